The van der Waals surface area contributed by atoms with Gasteiger partial charge in [0.25, 0.3) is 0 Å². The van der Waals surface area contributed by atoms with Gasteiger partial charge in [-0.2, -0.15) is 18.4 Å². The summed E-state index contributed by atoms with van der Waals surface area (Å²) in [6.07, 6.45) is -4.46. The molecule has 0 unspecified atom stereocenters. The molecular weight excluding hydrogens is 390 g/mol. The summed E-state index contributed by atoms with van der Waals surface area (Å²) in [6, 6.07) is 8.75. The molecule has 0 bridgehead atoms. The zero-order valence-electron chi connectivity index (χ0n) is 15.2. The molecule has 1 fully saturated rings. The Morgan fingerprint density at radius 1 is 1.14 bits per heavy atom. The fourth-order valence-corrected chi connectivity index (χ4v) is 3.10. The summed E-state index contributed by atoms with van der Waals surface area (Å²) in [5.74, 6) is -1.80. The van der Waals surface area contributed by atoms with Crippen LogP contribution in [0.1, 0.15) is 23.6 Å². The van der Waals surface area contributed by atoms with E-state index in [1.54, 1.807) is 6.07 Å². The molecule has 2 aromatic carbocycles. The first-order chi connectivity index (χ1) is 13.6. The second-order valence-electron chi connectivity index (χ2n) is 6.59. The maximum Gasteiger partial charge on any atom is 0.416 e. The van der Waals surface area contributed by atoms with Gasteiger partial charge in [0, 0.05) is 6.54 Å². The maximum absolute atomic E-state index is 14.3. The van der Waals surface area contributed by atoms with Crippen molar-refractivity contribution in [3.8, 4) is 6.07 Å². The smallest absolute Gasteiger partial charge is 0.325 e. The lowest BCUT2D eigenvalue weighted by Crippen LogP contribution is -2.58. The van der Waals surface area contributed by atoms with Gasteiger partial charge in [0.1, 0.15) is 18.4 Å². The van der Waals surface area contributed by atoms with Gasteiger partial charge in [0.15, 0.2) is 0 Å². The van der Waals surface area contributed by atoms with Crippen LogP contribution in [0.25, 0.3) is 0 Å². The molecule has 0 aliphatic carbocycles. The van der Waals surface area contributed by atoms with Crippen molar-refractivity contribution < 1.29 is 27.2 Å². The molecule has 1 aliphatic heterocycles. The summed E-state index contributed by atoms with van der Waals surface area (Å²) in [4.78, 5) is 27.5. The van der Waals surface area contributed by atoms with Gasteiger partial charge in [0.2, 0.25) is 11.8 Å². The number of hydrogen-bond acceptors (Lipinski definition) is 3. The molecule has 0 N–H and O–H groups in total. The first-order valence-electron chi connectivity index (χ1n) is 8.58. The second kappa shape index (κ2) is 7.54. The van der Waals surface area contributed by atoms with E-state index in [1.165, 1.54) is 36.1 Å². The van der Waals surface area contributed by atoms with E-state index in [2.05, 4.69) is 0 Å². The lowest BCUT2D eigenvalue weighted by Gasteiger charge is -2.38. The van der Waals surface area contributed by atoms with E-state index < -0.39 is 42.0 Å². The fraction of sp³-hybridized carbons (Fsp3) is 0.250. The number of benzene rings is 2. The van der Waals surface area contributed by atoms with Gasteiger partial charge in [0.05, 0.1) is 22.9 Å². The van der Waals surface area contributed by atoms with Crippen molar-refractivity contribution in [2.24, 2.45) is 0 Å². The number of anilines is 1. The van der Waals surface area contributed by atoms with Crippen molar-refractivity contribution in [2.45, 2.75) is 25.7 Å². The number of nitrogens with zero attached hydrogens (tertiary/aromatic N) is 3. The second-order valence-corrected chi connectivity index (χ2v) is 6.59. The number of rotatable bonds is 3. The van der Waals surface area contributed by atoms with Gasteiger partial charge < -0.3 is 4.90 Å². The number of piperazine rings is 1. The minimum atomic E-state index is -4.46. The number of halogens is 4. The number of carbonyl (C=O) groups is 2. The first-order valence-corrected chi connectivity index (χ1v) is 8.58. The molecule has 5 nitrogen and oxygen atoms in total. The maximum atomic E-state index is 14.3. The predicted octanol–water partition coefficient (Wildman–Crippen LogP) is 3.48. The summed E-state index contributed by atoms with van der Waals surface area (Å²) in [5, 5.41) is 8.82. The van der Waals surface area contributed by atoms with Gasteiger partial charge in [-0.3, -0.25) is 14.5 Å². The van der Waals surface area contributed by atoms with Crippen LogP contribution in [0.2, 0.25) is 0 Å². The Hall–Kier alpha value is -3.41. The SMILES string of the molecule is C[C@@H]1C(=O)N(c2ccc(C#N)cc2F)CC(=O)N1Cc1ccc(C(F)(F)F)cc1. The van der Waals surface area contributed by atoms with Crippen molar-refractivity contribution in [1.29, 1.82) is 5.26 Å². The molecule has 1 atom stereocenters. The Morgan fingerprint density at radius 2 is 1.79 bits per heavy atom. The zero-order valence-corrected chi connectivity index (χ0v) is 15.2. The van der Waals surface area contributed by atoms with Crippen LogP contribution in [-0.2, 0) is 22.3 Å². The number of amides is 2. The van der Waals surface area contributed by atoms with Gasteiger partial charge in [-0.1, -0.05) is 12.1 Å². The highest BCUT2D eigenvalue weighted by atomic mass is 19.4. The Bertz CT molecular complexity index is 996. The van der Waals surface area contributed by atoms with Gasteiger partial charge in [-0.15, -0.1) is 0 Å². The van der Waals surface area contributed by atoms with Crippen LogP contribution in [-0.4, -0.2) is 29.3 Å². The molecule has 2 amide bonds. The molecule has 0 spiro atoms. The summed E-state index contributed by atoms with van der Waals surface area (Å²) >= 11 is 0. The van der Waals surface area contributed by atoms with E-state index in [-0.39, 0.29) is 17.8 Å². The molecule has 9 heteroatoms. The van der Waals surface area contributed by atoms with Crippen molar-refractivity contribution in [2.75, 3.05) is 11.4 Å². The van der Waals surface area contributed by atoms with Crippen molar-refractivity contribution in [1.82, 2.24) is 4.90 Å². The number of hydrogen-bond donors (Lipinski definition) is 0. The van der Waals surface area contributed by atoms with Crippen molar-refractivity contribution >= 4 is 17.5 Å². The zero-order chi connectivity index (χ0) is 21.3. The summed E-state index contributed by atoms with van der Waals surface area (Å²) in [6.45, 7) is 1.01. The highest BCUT2D eigenvalue weighted by Crippen LogP contribution is 2.30. The summed E-state index contributed by atoms with van der Waals surface area (Å²) in [7, 11) is 0. The Labute approximate surface area is 163 Å². The highest BCUT2D eigenvalue weighted by molar-refractivity contribution is 6.06. The molecule has 0 aromatic heterocycles. The Kier molecular flexibility index (Phi) is 5.29. The summed E-state index contributed by atoms with van der Waals surface area (Å²) < 4.78 is 52.3. The van der Waals surface area contributed by atoms with Crippen molar-refractivity contribution in [3.63, 3.8) is 0 Å². The van der Waals surface area contributed by atoms with Gasteiger partial charge in [-0.25, -0.2) is 4.39 Å². The van der Waals surface area contributed by atoms with Crippen LogP contribution in [0.5, 0.6) is 0 Å². The minimum absolute atomic E-state index is 0.0480. The minimum Gasteiger partial charge on any atom is -0.325 e. The third-order valence-electron chi connectivity index (χ3n) is 4.71. The van der Waals surface area contributed by atoms with E-state index in [0.717, 1.165) is 23.1 Å². The largest absolute Gasteiger partial charge is 0.416 e. The quantitative estimate of drug-likeness (QED) is 0.735. The van der Waals surface area contributed by atoms with E-state index in [0.29, 0.717) is 5.56 Å². The fourth-order valence-electron chi connectivity index (χ4n) is 3.10. The average Bonchev–Trinajstić information content (AvgIpc) is 2.68. The van der Waals surface area contributed by atoms with Gasteiger partial charge in [-0.05, 0) is 42.8 Å². The van der Waals surface area contributed by atoms with Crippen LogP contribution in [0.3, 0.4) is 0 Å². The van der Waals surface area contributed by atoms with E-state index >= 15 is 0 Å². The standard InChI is InChI=1S/C20H15F4N3O2/c1-12-19(29)27(17-7-4-14(9-25)8-16(17)21)11-18(28)26(12)10-13-2-5-15(6-3-13)20(22,23)24/h2-8,12H,10-11H2,1H3/t12-/m1/s1. The van der Waals surface area contributed by atoms with Crippen LogP contribution >= 0.6 is 0 Å². The lowest BCUT2D eigenvalue weighted by molar-refractivity contribution is -0.143. The third-order valence-corrected chi connectivity index (χ3v) is 4.71. The predicted molar refractivity (Wildman–Crippen MR) is 94.9 cm³/mol. The first kappa shape index (κ1) is 20.3. The molecule has 29 heavy (non-hydrogen) atoms. The average molecular weight is 405 g/mol. The van der Waals surface area contributed by atoms with E-state index in [9.17, 15) is 27.2 Å². The molecule has 2 aromatic rings. The van der Waals surface area contributed by atoms with E-state index in [4.69, 9.17) is 5.26 Å². The molecule has 3 rings (SSSR count). The third kappa shape index (κ3) is 4.06. The molecule has 150 valence electrons. The number of carbonyl (C=O) groups excluding carboxylic acids is 2. The van der Waals surface area contributed by atoms with Crippen LogP contribution < -0.4 is 4.90 Å². The molecular formula is C20H15F4N3O2. The molecule has 1 heterocycles. The van der Waals surface area contributed by atoms with E-state index in [1.807, 2.05) is 0 Å². The van der Waals surface area contributed by atoms with Gasteiger partial charge >= 0.3 is 6.18 Å². The molecule has 1 aliphatic rings. The topological polar surface area (TPSA) is 64.4 Å². The normalized spacial score (nSPS) is 17.4. The lowest BCUT2D eigenvalue weighted by atomic mass is 10.1. The Balaban J connectivity index is 1.79. The van der Waals surface area contributed by atoms with Crippen LogP contribution in [0.4, 0.5) is 23.2 Å². The van der Waals surface area contributed by atoms with Crippen molar-refractivity contribution in [3.05, 3.63) is 65.0 Å². The Morgan fingerprint density at radius 3 is 2.34 bits per heavy atom. The highest BCUT2D eigenvalue weighted by Gasteiger charge is 2.38. The van der Waals surface area contributed by atoms with Crippen LogP contribution in [0.15, 0.2) is 42.5 Å². The number of nitriles is 1. The molecule has 1 saturated heterocycles. The summed E-state index contributed by atoms with van der Waals surface area (Å²) in [5.41, 5.74) is -0.399. The van der Waals surface area contributed by atoms with Crippen LogP contribution in [0, 0.1) is 17.1 Å². The molecule has 0 radical (unpaired) electrons. The number of alkyl halides is 3. The monoisotopic (exact) mass is 405 g/mol. The molecule has 0 saturated carbocycles.